The van der Waals surface area contributed by atoms with Crippen molar-refractivity contribution >= 4 is 37.8 Å². The number of hydrogen-bond donors (Lipinski definition) is 2. The number of sulfonamides is 1. The van der Waals surface area contributed by atoms with Crippen molar-refractivity contribution in [3.05, 3.63) is 28.1 Å². The highest BCUT2D eigenvalue weighted by Gasteiger charge is 2.18. The Morgan fingerprint density at radius 3 is 2.80 bits per heavy atom. The number of nitrogens with zero attached hydrogens (tertiary/aromatic N) is 1. The average Bonchev–Trinajstić information content (AvgIpc) is 2.99. The molecular weight excluding hydrogens is 314 g/mol. The summed E-state index contributed by atoms with van der Waals surface area (Å²) in [5.74, 6) is 0. The smallest absolute Gasteiger partial charge is 0.273 e. The molecule has 0 spiro atoms. The number of thiazole rings is 1. The summed E-state index contributed by atoms with van der Waals surface area (Å²) in [6.07, 6.45) is 1.06. The van der Waals surface area contributed by atoms with E-state index in [1.165, 1.54) is 22.7 Å². The van der Waals surface area contributed by atoms with Gasteiger partial charge in [-0.2, -0.15) is 0 Å². The molecule has 20 heavy (non-hydrogen) atoms. The second-order valence-electron chi connectivity index (χ2n) is 4.30. The van der Waals surface area contributed by atoms with Crippen LogP contribution in [0.3, 0.4) is 0 Å². The molecule has 0 radical (unpaired) electrons. The molecule has 2 aromatic heterocycles. The number of rotatable bonds is 7. The maximum Gasteiger partial charge on any atom is 0.273 e. The fraction of sp³-hybridized carbons (Fsp3) is 0.417. The zero-order chi connectivity index (χ0) is 14.6. The van der Waals surface area contributed by atoms with Gasteiger partial charge in [-0.05, 0) is 32.0 Å². The third-order valence-corrected chi connectivity index (χ3v) is 6.39. The second kappa shape index (κ2) is 6.66. The lowest BCUT2D eigenvalue weighted by Crippen LogP contribution is -2.13. The molecule has 0 saturated heterocycles. The molecule has 110 valence electrons. The van der Waals surface area contributed by atoms with Crippen molar-refractivity contribution in [1.29, 1.82) is 0 Å². The summed E-state index contributed by atoms with van der Waals surface area (Å²) in [6.45, 7) is 5.55. The third-order valence-electron chi connectivity index (χ3n) is 2.47. The van der Waals surface area contributed by atoms with Gasteiger partial charge in [-0.25, -0.2) is 13.4 Å². The Morgan fingerprint density at radius 2 is 2.15 bits per heavy atom. The second-order valence-corrected chi connectivity index (χ2v) is 8.23. The number of nitrogens with one attached hydrogen (secondary N) is 2. The van der Waals surface area contributed by atoms with Crippen molar-refractivity contribution in [2.75, 3.05) is 11.3 Å². The van der Waals surface area contributed by atoms with Crippen molar-refractivity contribution in [2.45, 2.75) is 31.0 Å². The Balaban J connectivity index is 2.06. The lowest BCUT2D eigenvalue weighted by molar-refractivity contribution is 0.603. The van der Waals surface area contributed by atoms with E-state index in [1.807, 2.05) is 18.4 Å². The van der Waals surface area contributed by atoms with Crippen LogP contribution in [0, 0.1) is 6.92 Å². The summed E-state index contributed by atoms with van der Waals surface area (Å²) >= 11 is 2.57. The first-order valence-electron chi connectivity index (χ1n) is 6.25. The SMILES string of the molecule is CCCNCc1ccc(S(=O)(=O)Nc2nc(C)cs2)s1. The molecule has 0 aliphatic heterocycles. The summed E-state index contributed by atoms with van der Waals surface area (Å²) in [6, 6.07) is 3.48. The molecular formula is C12H17N3O2S3. The molecule has 0 unspecified atom stereocenters. The van der Waals surface area contributed by atoms with Gasteiger partial charge in [-0.1, -0.05) is 6.92 Å². The Kier molecular flexibility index (Phi) is 5.14. The van der Waals surface area contributed by atoms with E-state index in [0.717, 1.165) is 23.5 Å². The van der Waals surface area contributed by atoms with Crippen LogP contribution >= 0.6 is 22.7 Å². The molecule has 2 heterocycles. The van der Waals surface area contributed by atoms with E-state index < -0.39 is 10.0 Å². The van der Waals surface area contributed by atoms with Crippen molar-refractivity contribution in [1.82, 2.24) is 10.3 Å². The highest BCUT2D eigenvalue weighted by Crippen LogP contribution is 2.25. The molecule has 5 nitrogen and oxygen atoms in total. The van der Waals surface area contributed by atoms with Crippen molar-refractivity contribution < 1.29 is 8.42 Å². The number of aryl methyl sites for hydroxylation is 1. The van der Waals surface area contributed by atoms with Gasteiger partial charge in [-0.15, -0.1) is 22.7 Å². The zero-order valence-electron chi connectivity index (χ0n) is 11.3. The molecule has 8 heteroatoms. The topological polar surface area (TPSA) is 71.1 Å². The summed E-state index contributed by atoms with van der Waals surface area (Å²) in [5, 5.41) is 5.47. The lowest BCUT2D eigenvalue weighted by atomic mass is 10.4. The minimum atomic E-state index is -3.52. The van der Waals surface area contributed by atoms with Crippen molar-refractivity contribution in [3.8, 4) is 0 Å². The van der Waals surface area contributed by atoms with Crippen molar-refractivity contribution in [2.24, 2.45) is 0 Å². The maximum atomic E-state index is 12.2. The number of aromatic nitrogens is 1. The lowest BCUT2D eigenvalue weighted by Gasteiger charge is -2.02. The van der Waals surface area contributed by atoms with Crippen LogP contribution in [0.1, 0.15) is 23.9 Å². The van der Waals surface area contributed by atoms with Gasteiger partial charge >= 0.3 is 0 Å². The van der Waals surface area contributed by atoms with E-state index in [4.69, 9.17) is 0 Å². The van der Waals surface area contributed by atoms with Crippen LogP contribution in [0.4, 0.5) is 5.13 Å². The molecule has 0 aromatic carbocycles. The summed E-state index contributed by atoms with van der Waals surface area (Å²) in [5.41, 5.74) is 0.809. The average molecular weight is 331 g/mol. The van der Waals surface area contributed by atoms with Crippen LogP contribution in [0.15, 0.2) is 21.7 Å². The van der Waals surface area contributed by atoms with Gasteiger partial charge in [0.25, 0.3) is 10.0 Å². The van der Waals surface area contributed by atoms with E-state index in [9.17, 15) is 8.42 Å². The molecule has 0 aliphatic rings. The van der Waals surface area contributed by atoms with Crippen LogP contribution in [0.25, 0.3) is 0 Å². The van der Waals surface area contributed by atoms with E-state index in [-0.39, 0.29) is 0 Å². The first-order chi connectivity index (χ1) is 9.51. The predicted molar refractivity (Wildman–Crippen MR) is 84.0 cm³/mol. The molecule has 0 saturated carbocycles. The zero-order valence-corrected chi connectivity index (χ0v) is 13.8. The highest BCUT2D eigenvalue weighted by atomic mass is 32.2. The first kappa shape index (κ1) is 15.4. The van der Waals surface area contributed by atoms with Gasteiger partial charge in [-0.3, -0.25) is 4.72 Å². The molecule has 2 rings (SSSR count). The van der Waals surface area contributed by atoms with Crippen molar-refractivity contribution in [3.63, 3.8) is 0 Å². The van der Waals surface area contributed by atoms with E-state index in [0.29, 0.717) is 15.9 Å². The van der Waals surface area contributed by atoms with Gasteiger partial charge < -0.3 is 5.32 Å². The van der Waals surface area contributed by atoms with E-state index >= 15 is 0 Å². The van der Waals surface area contributed by atoms with Gasteiger partial charge in [0.2, 0.25) is 0 Å². The Hall–Kier alpha value is -0.960. The van der Waals surface area contributed by atoms with Gasteiger partial charge in [0.05, 0.1) is 5.69 Å². The van der Waals surface area contributed by atoms with Crippen LogP contribution < -0.4 is 10.0 Å². The Morgan fingerprint density at radius 1 is 1.35 bits per heavy atom. The Labute approximate surface area is 127 Å². The molecule has 2 aromatic rings. The van der Waals surface area contributed by atoms with E-state index in [1.54, 1.807) is 6.07 Å². The first-order valence-corrected chi connectivity index (χ1v) is 9.43. The van der Waals surface area contributed by atoms with Crippen LogP contribution in [-0.2, 0) is 16.6 Å². The molecule has 0 fully saturated rings. The van der Waals surface area contributed by atoms with Crippen LogP contribution in [0.2, 0.25) is 0 Å². The number of thiophene rings is 1. The largest absolute Gasteiger partial charge is 0.312 e. The predicted octanol–water partition coefficient (Wildman–Crippen LogP) is 2.81. The van der Waals surface area contributed by atoms with E-state index in [2.05, 4.69) is 21.9 Å². The third kappa shape index (κ3) is 4.02. The quantitative estimate of drug-likeness (QED) is 0.765. The molecule has 0 bridgehead atoms. The highest BCUT2D eigenvalue weighted by molar-refractivity contribution is 7.94. The fourth-order valence-electron chi connectivity index (χ4n) is 1.55. The molecule has 2 N–H and O–H groups in total. The summed E-state index contributed by atoms with van der Waals surface area (Å²) < 4.78 is 27.2. The minimum absolute atomic E-state index is 0.318. The summed E-state index contributed by atoms with van der Waals surface area (Å²) in [4.78, 5) is 5.12. The maximum absolute atomic E-state index is 12.2. The number of anilines is 1. The van der Waals surface area contributed by atoms with Gasteiger partial charge in [0.15, 0.2) is 5.13 Å². The Bertz CT molecular complexity index is 661. The monoisotopic (exact) mass is 331 g/mol. The molecule has 0 amide bonds. The minimum Gasteiger partial charge on any atom is -0.312 e. The fourth-order valence-corrected chi connectivity index (χ4v) is 4.82. The van der Waals surface area contributed by atoms with Gasteiger partial charge in [0.1, 0.15) is 4.21 Å². The number of hydrogen-bond acceptors (Lipinski definition) is 6. The normalized spacial score (nSPS) is 11.7. The van der Waals surface area contributed by atoms with Crippen LogP contribution in [-0.4, -0.2) is 19.9 Å². The van der Waals surface area contributed by atoms with Gasteiger partial charge in [0, 0.05) is 16.8 Å². The molecule has 0 atom stereocenters. The standard InChI is InChI=1S/C12H17N3O2S3/c1-3-6-13-7-10-4-5-11(19-10)20(16,17)15-12-14-9(2)8-18-12/h4-5,8,13H,3,6-7H2,1-2H3,(H,14,15). The van der Waals surface area contributed by atoms with Crippen LogP contribution in [0.5, 0.6) is 0 Å². The summed E-state index contributed by atoms with van der Waals surface area (Å²) in [7, 11) is -3.52. The molecule has 0 aliphatic carbocycles.